The Morgan fingerprint density at radius 1 is 0.896 bits per heavy atom. The first-order valence-corrected chi connectivity index (χ1v) is 16.6. The predicted molar refractivity (Wildman–Crippen MR) is 179 cm³/mol. The number of nitrogens with zero attached hydrogens (tertiary/aromatic N) is 2. The molecule has 0 aliphatic carbocycles. The van der Waals surface area contributed by atoms with Crippen molar-refractivity contribution in [3.8, 4) is 11.5 Å². The maximum absolute atomic E-state index is 14.6. The average Bonchev–Trinajstić information content (AvgIpc) is 3.03. The van der Waals surface area contributed by atoms with Crippen LogP contribution in [-0.4, -0.2) is 84.6 Å². The van der Waals surface area contributed by atoms with Crippen molar-refractivity contribution in [2.75, 3.05) is 39.3 Å². The van der Waals surface area contributed by atoms with Gasteiger partial charge in [-0.15, -0.1) is 0 Å². The number of hydrogen-bond acceptors (Lipinski definition) is 8. The summed E-state index contributed by atoms with van der Waals surface area (Å²) in [5.74, 6) is -1.37. The van der Waals surface area contributed by atoms with E-state index in [4.69, 9.17) is 9.47 Å². The summed E-state index contributed by atoms with van der Waals surface area (Å²) < 4.78 is 10.8. The van der Waals surface area contributed by atoms with Crippen LogP contribution in [0.1, 0.15) is 82.4 Å². The zero-order valence-corrected chi connectivity index (χ0v) is 28.5. The monoisotopic (exact) mass is 664 g/mol. The summed E-state index contributed by atoms with van der Waals surface area (Å²) >= 11 is 0. The second kappa shape index (κ2) is 19.2. The first-order chi connectivity index (χ1) is 22.9. The van der Waals surface area contributed by atoms with E-state index in [9.17, 15) is 28.8 Å². The first-order valence-electron chi connectivity index (χ1n) is 16.6. The minimum absolute atomic E-state index is 0.0512. The van der Waals surface area contributed by atoms with Crippen LogP contribution in [-0.2, 0) is 41.6 Å². The lowest BCUT2D eigenvalue weighted by Gasteiger charge is -2.29. The quantitative estimate of drug-likeness (QED) is 0.188. The molecular weight excluding hydrogens is 616 g/mol. The lowest BCUT2D eigenvalue weighted by Crippen LogP contribution is -2.39. The Kier molecular flexibility index (Phi) is 15.1. The fourth-order valence-electron chi connectivity index (χ4n) is 5.66. The van der Waals surface area contributed by atoms with Crippen LogP contribution >= 0.6 is 0 Å². The Bertz CT molecular complexity index is 1440. The van der Waals surface area contributed by atoms with Crippen molar-refractivity contribution in [3.05, 3.63) is 59.2 Å². The van der Waals surface area contributed by atoms with Gasteiger partial charge in [-0.3, -0.25) is 28.8 Å². The van der Waals surface area contributed by atoms with E-state index in [0.29, 0.717) is 82.7 Å². The van der Waals surface area contributed by atoms with Gasteiger partial charge in [-0.2, -0.15) is 0 Å². The predicted octanol–water partition coefficient (Wildman–Crippen LogP) is 3.30. The molecule has 1 aliphatic heterocycles. The van der Waals surface area contributed by atoms with Gasteiger partial charge in [-0.05, 0) is 67.9 Å². The number of carbonyl (C=O) groups is 6. The van der Waals surface area contributed by atoms with Crippen molar-refractivity contribution in [2.45, 2.75) is 78.6 Å². The average molecular weight is 665 g/mol. The molecule has 0 saturated heterocycles. The normalized spacial score (nSPS) is 15.2. The van der Waals surface area contributed by atoms with E-state index in [2.05, 4.69) is 10.6 Å². The molecule has 2 N–H and O–H groups in total. The number of carbonyl (C=O) groups excluding carboxylic acids is 6. The lowest BCUT2D eigenvalue weighted by atomic mass is 9.88. The highest BCUT2D eigenvalue weighted by atomic mass is 16.5. The van der Waals surface area contributed by atoms with E-state index in [1.807, 2.05) is 6.07 Å². The third-order valence-electron chi connectivity index (χ3n) is 8.04. The van der Waals surface area contributed by atoms with Crippen molar-refractivity contribution < 1.29 is 38.2 Å². The maximum Gasteiger partial charge on any atom is 0.308 e. The summed E-state index contributed by atoms with van der Waals surface area (Å²) in [6, 6.07) is 12.3. The van der Waals surface area contributed by atoms with Crippen molar-refractivity contribution in [2.24, 2.45) is 0 Å². The molecule has 1 atom stereocenters. The summed E-state index contributed by atoms with van der Waals surface area (Å²) in [7, 11) is 0. The number of esters is 2. The summed E-state index contributed by atoms with van der Waals surface area (Å²) in [6.45, 7) is 8.39. The lowest BCUT2D eigenvalue weighted by molar-refractivity contribution is -0.134. The standard InChI is InChI=1S/C36H48N4O8/c1-25(41)37-17-7-21-39(26(2)42)19-5-6-20-40-22-8-18-38-35(45)16-12-30-11-15-34(48-28(4)44)32(23-30)33(36(40)46)24-29-9-13-31(14-10-29)47-27(3)43/h9-11,13-15,23,33H,5-8,12,16-22,24H2,1-4H3,(H,37,41)(H,38,45)/t33-/m1/s1. The molecule has 12 heteroatoms. The molecule has 0 aromatic heterocycles. The summed E-state index contributed by atoms with van der Waals surface area (Å²) in [6.07, 6.45) is 3.52. The Morgan fingerprint density at radius 3 is 2.27 bits per heavy atom. The number of aryl methyl sites for hydroxylation is 1. The molecular formula is C36H48N4O8. The maximum atomic E-state index is 14.6. The van der Waals surface area contributed by atoms with E-state index < -0.39 is 17.9 Å². The molecule has 4 amide bonds. The van der Waals surface area contributed by atoms with Gasteiger partial charge in [0.25, 0.3) is 0 Å². The van der Waals surface area contributed by atoms with Crippen molar-refractivity contribution in [1.29, 1.82) is 0 Å². The smallest absolute Gasteiger partial charge is 0.308 e. The first kappa shape index (κ1) is 37.7. The van der Waals surface area contributed by atoms with Gasteiger partial charge in [-0.1, -0.05) is 24.3 Å². The molecule has 3 rings (SSSR count). The van der Waals surface area contributed by atoms with Crippen LogP contribution in [0.2, 0.25) is 0 Å². The van der Waals surface area contributed by atoms with Gasteiger partial charge in [0, 0.05) is 78.9 Å². The number of nitrogens with one attached hydrogen (secondary N) is 2. The Labute approximate surface area is 282 Å². The fourth-order valence-corrected chi connectivity index (χ4v) is 5.66. The van der Waals surface area contributed by atoms with Gasteiger partial charge >= 0.3 is 11.9 Å². The van der Waals surface area contributed by atoms with E-state index in [0.717, 1.165) is 11.1 Å². The summed E-state index contributed by atoms with van der Waals surface area (Å²) in [5, 5.41) is 5.69. The van der Waals surface area contributed by atoms with Gasteiger partial charge in [0.05, 0.1) is 5.92 Å². The second-order valence-electron chi connectivity index (χ2n) is 12.0. The van der Waals surface area contributed by atoms with Crippen molar-refractivity contribution in [1.82, 2.24) is 20.4 Å². The van der Waals surface area contributed by atoms with Crippen LogP contribution in [0.15, 0.2) is 42.5 Å². The third kappa shape index (κ3) is 12.8. The molecule has 12 nitrogen and oxygen atoms in total. The molecule has 260 valence electrons. The van der Waals surface area contributed by atoms with Gasteiger partial charge < -0.3 is 29.9 Å². The van der Waals surface area contributed by atoms with Gasteiger partial charge in [-0.25, -0.2) is 0 Å². The van der Waals surface area contributed by atoms with Crippen LogP contribution in [0, 0.1) is 0 Å². The molecule has 48 heavy (non-hydrogen) atoms. The minimum atomic E-state index is -0.717. The molecule has 1 aliphatic rings. The second-order valence-corrected chi connectivity index (χ2v) is 12.0. The summed E-state index contributed by atoms with van der Waals surface area (Å²) in [4.78, 5) is 77.6. The van der Waals surface area contributed by atoms with E-state index >= 15 is 0 Å². The molecule has 0 radical (unpaired) electrons. The fraction of sp³-hybridized carbons (Fsp3) is 0.500. The van der Waals surface area contributed by atoms with Crippen LogP contribution in [0.4, 0.5) is 0 Å². The largest absolute Gasteiger partial charge is 0.427 e. The zero-order chi connectivity index (χ0) is 35.1. The topological polar surface area (TPSA) is 151 Å². The summed E-state index contributed by atoms with van der Waals surface area (Å²) in [5.41, 5.74) is 2.22. The molecule has 2 aromatic rings. The van der Waals surface area contributed by atoms with E-state index in [-0.39, 0.29) is 42.2 Å². The van der Waals surface area contributed by atoms with Crippen LogP contribution in [0.25, 0.3) is 0 Å². The number of ether oxygens (including phenoxy) is 2. The molecule has 0 unspecified atom stereocenters. The van der Waals surface area contributed by atoms with Crippen LogP contribution in [0.5, 0.6) is 11.5 Å². The van der Waals surface area contributed by atoms with E-state index in [1.54, 1.807) is 46.2 Å². The third-order valence-corrected chi connectivity index (χ3v) is 8.04. The molecule has 0 fully saturated rings. The molecule has 0 spiro atoms. The van der Waals surface area contributed by atoms with Crippen LogP contribution in [0.3, 0.4) is 0 Å². The van der Waals surface area contributed by atoms with Crippen LogP contribution < -0.4 is 20.1 Å². The molecule has 0 saturated carbocycles. The SMILES string of the molecule is CC(=O)NCCCN(CCCCN1CCCNC(=O)CCc2ccc(OC(C)=O)c(c2)[C@@H](Cc2ccc(OC(C)=O)cc2)C1=O)C(C)=O. The minimum Gasteiger partial charge on any atom is -0.427 e. The van der Waals surface area contributed by atoms with Gasteiger partial charge in [0.2, 0.25) is 23.6 Å². The number of hydrogen-bond donors (Lipinski definition) is 2. The van der Waals surface area contributed by atoms with E-state index in [1.165, 1.54) is 27.7 Å². The number of fused-ring (bicyclic) bond motifs is 2. The Balaban J connectivity index is 1.89. The highest BCUT2D eigenvalue weighted by molar-refractivity contribution is 5.86. The molecule has 1 heterocycles. The van der Waals surface area contributed by atoms with Gasteiger partial charge in [0.1, 0.15) is 11.5 Å². The zero-order valence-electron chi connectivity index (χ0n) is 28.5. The van der Waals surface area contributed by atoms with Crippen molar-refractivity contribution >= 4 is 35.6 Å². The van der Waals surface area contributed by atoms with Crippen molar-refractivity contribution in [3.63, 3.8) is 0 Å². The Hall–Kier alpha value is -4.74. The Morgan fingerprint density at radius 2 is 1.60 bits per heavy atom. The number of benzene rings is 2. The number of rotatable bonds is 13. The molecule has 2 aromatic carbocycles. The highest BCUT2D eigenvalue weighted by Crippen LogP contribution is 2.34. The number of unbranched alkanes of at least 4 members (excludes halogenated alkanes) is 1. The molecule has 2 bridgehead atoms. The van der Waals surface area contributed by atoms with Gasteiger partial charge in [0.15, 0.2) is 0 Å². The number of amides is 4. The highest BCUT2D eigenvalue weighted by Gasteiger charge is 2.30.